The van der Waals surface area contributed by atoms with Crippen LogP contribution in [0.5, 0.6) is 0 Å². The molecule has 4 atom stereocenters. The van der Waals surface area contributed by atoms with E-state index in [-0.39, 0.29) is 47.8 Å². The molecular formula is C38H54N2O8. The summed E-state index contributed by atoms with van der Waals surface area (Å²) in [5.41, 5.74) is 1.03. The number of carbonyl (C=O) groups excluding carboxylic acids is 4. The zero-order valence-electron chi connectivity index (χ0n) is 29.9. The van der Waals surface area contributed by atoms with Gasteiger partial charge in [-0.15, -0.1) is 0 Å². The van der Waals surface area contributed by atoms with Crippen LogP contribution in [0.25, 0.3) is 0 Å². The van der Waals surface area contributed by atoms with Crippen LogP contribution in [0.2, 0.25) is 0 Å². The molecule has 2 aromatic rings. The molecule has 0 radical (unpaired) electrons. The van der Waals surface area contributed by atoms with Crippen LogP contribution in [-0.2, 0) is 28.5 Å². The maximum Gasteiger partial charge on any atom is 0.410 e. The minimum atomic E-state index is -0.530. The second kappa shape index (κ2) is 17.4. The Kier molecular flexibility index (Phi) is 13.9. The molecule has 0 aromatic heterocycles. The van der Waals surface area contributed by atoms with Gasteiger partial charge in [-0.1, -0.05) is 60.7 Å². The van der Waals surface area contributed by atoms with Crippen LogP contribution >= 0.6 is 0 Å². The van der Waals surface area contributed by atoms with E-state index in [2.05, 4.69) is 0 Å². The molecule has 48 heavy (non-hydrogen) atoms. The smallest absolute Gasteiger partial charge is 0.410 e. The van der Waals surface area contributed by atoms with Gasteiger partial charge < -0.3 is 28.7 Å². The molecule has 0 aliphatic carbocycles. The summed E-state index contributed by atoms with van der Waals surface area (Å²) in [6, 6.07) is 19.7. The molecule has 0 bridgehead atoms. The van der Waals surface area contributed by atoms with Crippen molar-refractivity contribution in [2.75, 3.05) is 39.4 Å². The predicted octanol–water partition coefficient (Wildman–Crippen LogP) is 7.18. The van der Waals surface area contributed by atoms with Gasteiger partial charge in [-0.25, -0.2) is 9.59 Å². The highest BCUT2D eigenvalue weighted by Crippen LogP contribution is 2.35. The molecule has 2 heterocycles. The number of ether oxygens (including phenoxy) is 4. The number of piperidine rings is 2. The van der Waals surface area contributed by atoms with Crippen molar-refractivity contribution in [3.05, 3.63) is 71.8 Å². The Bertz CT molecular complexity index is 1230. The van der Waals surface area contributed by atoms with Crippen molar-refractivity contribution in [3.8, 4) is 0 Å². The highest BCUT2D eigenvalue weighted by molar-refractivity contribution is 5.76. The third-order valence-corrected chi connectivity index (χ3v) is 8.16. The number of nitrogens with zero attached hydrogens (tertiary/aromatic N) is 2. The average Bonchev–Trinajstić information content (AvgIpc) is 3.04. The number of rotatable bonds is 6. The van der Waals surface area contributed by atoms with Gasteiger partial charge >= 0.3 is 24.1 Å². The summed E-state index contributed by atoms with van der Waals surface area (Å²) in [6.07, 6.45) is 0.506. The number of likely N-dealkylation sites (tertiary alicyclic amines) is 2. The van der Waals surface area contributed by atoms with Crippen molar-refractivity contribution in [3.63, 3.8) is 0 Å². The van der Waals surface area contributed by atoms with E-state index >= 15 is 0 Å². The number of carbonyl (C=O) groups is 4. The summed E-state index contributed by atoms with van der Waals surface area (Å²) in [5.74, 6) is -0.986. The quantitative estimate of drug-likeness (QED) is 0.236. The minimum absolute atomic E-state index is 0.0773. The van der Waals surface area contributed by atoms with Gasteiger partial charge in [0.1, 0.15) is 11.2 Å². The number of amides is 2. The highest BCUT2D eigenvalue weighted by Gasteiger charge is 2.40. The van der Waals surface area contributed by atoms with Crippen molar-refractivity contribution in [2.24, 2.45) is 11.8 Å². The van der Waals surface area contributed by atoms with Gasteiger partial charge in [-0.3, -0.25) is 9.59 Å². The summed E-state index contributed by atoms with van der Waals surface area (Å²) in [4.78, 5) is 52.8. The zero-order valence-corrected chi connectivity index (χ0v) is 29.9. The van der Waals surface area contributed by atoms with Crippen molar-refractivity contribution in [1.29, 1.82) is 0 Å². The maximum absolute atomic E-state index is 12.4. The van der Waals surface area contributed by atoms with E-state index in [0.717, 1.165) is 11.1 Å². The third kappa shape index (κ3) is 11.6. The lowest BCUT2D eigenvalue weighted by Gasteiger charge is -2.38. The standard InChI is InChI=1S/2C19H27NO4/c2*1-5-23-17(21)15-11-12-20(18(22)24-19(2,3)4)13-16(15)14-9-7-6-8-10-14/h2*6-10,15-16H,5,11-13H2,1-4H3. The fraction of sp³-hybridized carbons (Fsp3) is 0.579. The molecule has 10 heteroatoms. The van der Waals surface area contributed by atoms with Gasteiger partial charge in [-0.2, -0.15) is 0 Å². The Balaban J connectivity index is 0.000000260. The van der Waals surface area contributed by atoms with Crippen molar-refractivity contribution in [1.82, 2.24) is 9.80 Å². The first-order valence-corrected chi connectivity index (χ1v) is 17.0. The average molecular weight is 667 g/mol. The van der Waals surface area contributed by atoms with E-state index < -0.39 is 11.2 Å². The Hall–Kier alpha value is -4.08. The Morgan fingerprint density at radius 3 is 1.23 bits per heavy atom. The second-order valence-electron chi connectivity index (χ2n) is 14.2. The molecule has 2 saturated heterocycles. The van der Waals surface area contributed by atoms with E-state index in [4.69, 9.17) is 18.9 Å². The first-order valence-electron chi connectivity index (χ1n) is 17.0. The van der Waals surface area contributed by atoms with Crippen LogP contribution in [0, 0.1) is 11.8 Å². The van der Waals surface area contributed by atoms with Crippen LogP contribution < -0.4 is 0 Å². The highest BCUT2D eigenvalue weighted by atomic mass is 16.6. The molecule has 264 valence electrons. The fourth-order valence-electron chi connectivity index (χ4n) is 6.03. The summed E-state index contributed by atoms with van der Waals surface area (Å²) in [6.45, 7) is 17.4. The van der Waals surface area contributed by atoms with E-state index in [1.54, 1.807) is 9.80 Å². The summed E-state index contributed by atoms with van der Waals surface area (Å²) >= 11 is 0. The summed E-state index contributed by atoms with van der Waals surface area (Å²) in [7, 11) is 0. The fourth-order valence-corrected chi connectivity index (χ4v) is 6.03. The SMILES string of the molecule is CCOC(=O)C1CCN(C(=O)OC(C)(C)C)CC1c1ccccc1.CCOC(=O)C1CCN(C(=O)OC(C)(C)C)CC1c1ccccc1. The minimum Gasteiger partial charge on any atom is -0.466 e. The first kappa shape index (κ1) is 38.4. The lowest BCUT2D eigenvalue weighted by molar-refractivity contribution is -0.151. The third-order valence-electron chi connectivity index (χ3n) is 8.16. The lowest BCUT2D eigenvalue weighted by Crippen LogP contribution is -2.47. The first-order chi connectivity index (χ1) is 22.6. The van der Waals surface area contributed by atoms with E-state index in [0.29, 0.717) is 52.2 Å². The van der Waals surface area contributed by atoms with E-state index in [1.165, 1.54) is 0 Å². The maximum atomic E-state index is 12.4. The molecule has 2 fully saturated rings. The van der Waals surface area contributed by atoms with Crippen molar-refractivity contribution in [2.45, 2.75) is 91.3 Å². The number of hydrogen-bond acceptors (Lipinski definition) is 8. The lowest BCUT2D eigenvalue weighted by atomic mass is 9.81. The second-order valence-corrected chi connectivity index (χ2v) is 14.2. The molecular weight excluding hydrogens is 612 g/mol. The van der Waals surface area contributed by atoms with Gasteiger partial charge in [0.05, 0.1) is 25.0 Å². The van der Waals surface area contributed by atoms with Crippen molar-refractivity contribution >= 4 is 24.1 Å². The van der Waals surface area contributed by atoms with Gasteiger partial charge in [0.15, 0.2) is 0 Å². The Labute approximate surface area is 286 Å². The van der Waals surface area contributed by atoms with Gasteiger partial charge in [0.25, 0.3) is 0 Å². The molecule has 4 unspecified atom stereocenters. The predicted molar refractivity (Wildman–Crippen MR) is 183 cm³/mol. The molecule has 2 aliphatic heterocycles. The Morgan fingerprint density at radius 1 is 0.604 bits per heavy atom. The van der Waals surface area contributed by atoms with Crippen LogP contribution in [0.3, 0.4) is 0 Å². The topological polar surface area (TPSA) is 112 Å². The molecule has 4 rings (SSSR count). The van der Waals surface area contributed by atoms with Gasteiger partial charge in [-0.05, 0) is 79.4 Å². The Morgan fingerprint density at radius 2 is 0.938 bits per heavy atom. The van der Waals surface area contributed by atoms with Crippen LogP contribution in [0.4, 0.5) is 9.59 Å². The van der Waals surface area contributed by atoms with Crippen LogP contribution in [0.15, 0.2) is 60.7 Å². The van der Waals surface area contributed by atoms with Gasteiger partial charge in [0, 0.05) is 38.0 Å². The van der Waals surface area contributed by atoms with Crippen LogP contribution in [0.1, 0.15) is 91.2 Å². The molecule has 0 N–H and O–H groups in total. The van der Waals surface area contributed by atoms with E-state index in [1.807, 2.05) is 116 Å². The number of hydrogen-bond donors (Lipinski definition) is 0. The number of benzene rings is 2. The summed E-state index contributed by atoms with van der Waals surface area (Å²) < 4.78 is 21.4. The normalized spacial score (nSPS) is 21.2. The molecule has 0 saturated carbocycles. The monoisotopic (exact) mass is 666 g/mol. The largest absolute Gasteiger partial charge is 0.466 e. The molecule has 2 aliphatic rings. The molecule has 2 aromatic carbocycles. The molecule has 0 spiro atoms. The number of esters is 2. The van der Waals surface area contributed by atoms with E-state index in [9.17, 15) is 19.2 Å². The van der Waals surface area contributed by atoms with Crippen LogP contribution in [-0.4, -0.2) is 84.5 Å². The summed E-state index contributed by atoms with van der Waals surface area (Å²) in [5, 5.41) is 0. The molecule has 2 amide bonds. The zero-order chi connectivity index (χ0) is 35.5. The molecule has 10 nitrogen and oxygen atoms in total. The van der Waals surface area contributed by atoms with Gasteiger partial charge in [0.2, 0.25) is 0 Å². The van der Waals surface area contributed by atoms with Crippen molar-refractivity contribution < 1.29 is 38.1 Å².